The molecule has 4 atom stereocenters. The first kappa shape index (κ1) is 34.4. The zero-order valence-corrected chi connectivity index (χ0v) is 25.3. The molecule has 1 heterocycles. The van der Waals surface area contributed by atoms with Gasteiger partial charge in [-0.15, -0.1) is 0 Å². The number of rotatable bonds is 17. The Balaban J connectivity index is 1.69. The lowest BCUT2D eigenvalue weighted by molar-refractivity contribution is -0.141. The molecule has 0 fully saturated rings. The fourth-order valence-electron chi connectivity index (χ4n) is 4.55. The van der Waals surface area contributed by atoms with Gasteiger partial charge in [-0.1, -0.05) is 47.6 Å². The van der Waals surface area contributed by atoms with Crippen LogP contribution in [-0.2, 0) is 36.8 Å². The smallest absolute Gasteiger partial charge is 0.305 e. The molecule has 0 saturated heterocycles. The van der Waals surface area contributed by atoms with Gasteiger partial charge in [-0.25, -0.2) is 0 Å². The Morgan fingerprint density at radius 2 is 1.60 bits per heavy atom. The molecule has 9 N–H and O–H groups in total. The van der Waals surface area contributed by atoms with Crippen molar-refractivity contribution in [2.24, 2.45) is 16.6 Å². The van der Waals surface area contributed by atoms with E-state index in [1.807, 2.05) is 30.5 Å². The number of aromatic nitrogens is 1. The third-order valence-corrected chi connectivity index (χ3v) is 7.55. The number of aromatic amines is 1. The van der Waals surface area contributed by atoms with Crippen LogP contribution in [0, 0.1) is 0 Å². The van der Waals surface area contributed by atoms with E-state index < -0.39 is 60.2 Å². The fourth-order valence-corrected chi connectivity index (χ4v) is 5.02. The van der Waals surface area contributed by atoms with Gasteiger partial charge in [0.15, 0.2) is 0 Å². The lowest BCUT2D eigenvalue weighted by Crippen LogP contribution is -2.58. The van der Waals surface area contributed by atoms with E-state index in [-0.39, 0.29) is 19.3 Å². The number of azide groups is 1. The highest BCUT2D eigenvalue weighted by atomic mass is 32.2. The van der Waals surface area contributed by atoms with Crippen LogP contribution in [0.3, 0.4) is 0 Å². The summed E-state index contributed by atoms with van der Waals surface area (Å²) in [6.45, 7) is 0. The number of nitrogens with two attached hydrogens (primary N) is 2. The number of carboxylic acid groups (broad SMARTS) is 1. The minimum atomic E-state index is -1.59. The maximum absolute atomic E-state index is 13.3. The Kier molecular flexibility index (Phi) is 12.8. The molecule has 0 aliphatic heterocycles. The van der Waals surface area contributed by atoms with Crippen molar-refractivity contribution < 1.29 is 29.1 Å². The van der Waals surface area contributed by atoms with E-state index in [0.717, 1.165) is 16.5 Å². The Bertz CT molecular complexity index is 1570. The molecule has 0 radical (unpaired) electrons. The van der Waals surface area contributed by atoms with Crippen LogP contribution >= 0.6 is 11.8 Å². The number of hydrogen-bond acceptors (Lipinski definition) is 8. The number of nitrogens with zero attached hydrogens (tertiary/aromatic N) is 3. The van der Waals surface area contributed by atoms with Crippen LogP contribution in [0.2, 0.25) is 0 Å². The first-order valence-corrected chi connectivity index (χ1v) is 15.3. The van der Waals surface area contributed by atoms with Gasteiger partial charge >= 0.3 is 5.97 Å². The van der Waals surface area contributed by atoms with Crippen molar-refractivity contribution in [1.82, 2.24) is 20.9 Å². The fraction of sp³-hybridized carbons (Fsp3) is 0.345. The molecule has 0 aliphatic rings. The molecule has 2 aromatic carbocycles. The molecule has 3 rings (SSSR count). The molecule has 15 nitrogen and oxygen atoms in total. The molecule has 3 aromatic rings. The SMILES string of the molecule is CSCC[C@H](NC(=O)[C@H](N)Cc1c[nH]c2ccccc12)C(=O)N[C@@H](CC(=O)O)C(=O)N[C@@H](Cc1ccc(N=[N+]=[N-])cc1)C(N)=O. The lowest BCUT2D eigenvalue weighted by atomic mass is 10.0. The van der Waals surface area contributed by atoms with Gasteiger partial charge in [0.2, 0.25) is 23.6 Å². The molecule has 4 amide bonds. The second kappa shape index (κ2) is 16.7. The zero-order valence-electron chi connectivity index (χ0n) is 24.4. The molecule has 238 valence electrons. The number of fused-ring (bicyclic) bond motifs is 1. The maximum Gasteiger partial charge on any atom is 0.305 e. The van der Waals surface area contributed by atoms with Crippen LogP contribution < -0.4 is 27.4 Å². The third kappa shape index (κ3) is 10.3. The highest BCUT2D eigenvalue weighted by Gasteiger charge is 2.31. The van der Waals surface area contributed by atoms with Gasteiger partial charge in [0.25, 0.3) is 0 Å². The van der Waals surface area contributed by atoms with Crippen molar-refractivity contribution in [3.05, 3.63) is 76.3 Å². The summed E-state index contributed by atoms with van der Waals surface area (Å²) in [5, 5.41) is 21.3. The zero-order chi connectivity index (χ0) is 32.9. The van der Waals surface area contributed by atoms with Gasteiger partial charge in [0.1, 0.15) is 18.1 Å². The first-order chi connectivity index (χ1) is 21.5. The summed E-state index contributed by atoms with van der Waals surface area (Å²) in [6, 6.07) is 8.77. The van der Waals surface area contributed by atoms with Gasteiger partial charge in [-0.05, 0) is 47.6 Å². The Morgan fingerprint density at radius 3 is 2.24 bits per heavy atom. The molecule has 0 saturated carbocycles. The lowest BCUT2D eigenvalue weighted by Gasteiger charge is -2.25. The number of amides is 4. The summed E-state index contributed by atoms with van der Waals surface area (Å²) in [5.74, 6) is -4.15. The summed E-state index contributed by atoms with van der Waals surface area (Å²) in [4.78, 5) is 69.1. The van der Waals surface area contributed by atoms with Gasteiger partial charge in [-0.2, -0.15) is 11.8 Å². The van der Waals surface area contributed by atoms with Crippen LogP contribution in [0.25, 0.3) is 21.3 Å². The number of carboxylic acids is 1. The van der Waals surface area contributed by atoms with Crippen molar-refractivity contribution in [3.63, 3.8) is 0 Å². The van der Waals surface area contributed by atoms with Crippen molar-refractivity contribution >= 4 is 58.0 Å². The monoisotopic (exact) mass is 637 g/mol. The third-order valence-electron chi connectivity index (χ3n) is 6.90. The van der Waals surface area contributed by atoms with Gasteiger partial charge in [-0.3, -0.25) is 24.0 Å². The van der Waals surface area contributed by atoms with Crippen LogP contribution in [0.15, 0.2) is 59.8 Å². The number of carbonyl (C=O) groups excluding carboxylic acids is 4. The quantitative estimate of drug-likeness (QED) is 0.0644. The maximum atomic E-state index is 13.3. The van der Waals surface area contributed by atoms with E-state index in [9.17, 15) is 29.1 Å². The molecule has 45 heavy (non-hydrogen) atoms. The molecule has 0 bridgehead atoms. The number of nitrogens with one attached hydrogen (secondary N) is 4. The van der Waals surface area contributed by atoms with Gasteiger partial charge in [0, 0.05) is 34.1 Å². The number of para-hydroxylation sites is 1. The van der Waals surface area contributed by atoms with Gasteiger partial charge in [0.05, 0.1) is 12.5 Å². The highest BCUT2D eigenvalue weighted by Crippen LogP contribution is 2.19. The minimum absolute atomic E-state index is 0.0495. The average Bonchev–Trinajstić information content (AvgIpc) is 3.41. The second-order valence-electron chi connectivity index (χ2n) is 10.2. The predicted molar refractivity (Wildman–Crippen MR) is 169 cm³/mol. The number of aliphatic carboxylic acids is 1. The summed E-state index contributed by atoms with van der Waals surface area (Å²) >= 11 is 1.42. The number of hydrogen-bond donors (Lipinski definition) is 7. The molecule has 0 unspecified atom stereocenters. The normalized spacial score (nSPS) is 13.5. The van der Waals surface area contributed by atoms with E-state index in [0.29, 0.717) is 17.0 Å². The molecule has 1 aromatic heterocycles. The highest BCUT2D eigenvalue weighted by molar-refractivity contribution is 7.98. The molecule has 0 aliphatic carbocycles. The summed E-state index contributed by atoms with van der Waals surface area (Å²) < 4.78 is 0. The predicted octanol–water partition coefficient (Wildman–Crippen LogP) is 1.39. The Labute approximate surface area is 262 Å². The van der Waals surface area contributed by atoms with E-state index in [1.165, 1.54) is 23.9 Å². The van der Waals surface area contributed by atoms with E-state index >= 15 is 0 Å². The van der Waals surface area contributed by atoms with Crippen LogP contribution in [0.4, 0.5) is 5.69 Å². The summed E-state index contributed by atoms with van der Waals surface area (Å²) in [7, 11) is 0. The van der Waals surface area contributed by atoms with Crippen LogP contribution in [0.5, 0.6) is 0 Å². The Morgan fingerprint density at radius 1 is 0.956 bits per heavy atom. The van der Waals surface area contributed by atoms with E-state index in [2.05, 4.69) is 31.0 Å². The van der Waals surface area contributed by atoms with Crippen molar-refractivity contribution in [1.29, 1.82) is 0 Å². The minimum Gasteiger partial charge on any atom is -0.481 e. The second-order valence-corrected chi connectivity index (χ2v) is 11.2. The number of benzene rings is 2. The average molecular weight is 638 g/mol. The number of H-pyrrole nitrogens is 1. The standard InChI is InChI=1S/C29H35N9O6S/c1-45-11-10-22(34-27(42)20(30)13-17-15-33-21-5-3-2-4-19(17)21)28(43)36-24(14-25(39)40)29(44)35-23(26(31)41)12-16-6-8-18(9-7-16)37-38-32/h2-9,15,20,22-24,33H,10-14,30H2,1H3,(H2,31,41)(H,34,42)(H,35,44)(H,36,43)(H,39,40)/t20-,22+,23+,24+/m1/s1. The van der Waals surface area contributed by atoms with E-state index in [4.69, 9.17) is 17.0 Å². The molecule has 16 heteroatoms. The van der Waals surface area contributed by atoms with E-state index in [1.54, 1.807) is 18.3 Å². The van der Waals surface area contributed by atoms with Crippen molar-refractivity contribution in [3.8, 4) is 0 Å². The van der Waals surface area contributed by atoms with Crippen LogP contribution in [0.1, 0.15) is 24.0 Å². The van der Waals surface area contributed by atoms with Gasteiger partial charge < -0.3 is 37.5 Å². The number of carbonyl (C=O) groups is 5. The van der Waals surface area contributed by atoms with Crippen LogP contribution in [-0.4, -0.2) is 75.9 Å². The summed E-state index contributed by atoms with van der Waals surface area (Å²) in [5.41, 5.74) is 22.9. The largest absolute Gasteiger partial charge is 0.481 e. The first-order valence-electron chi connectivity index (χ1n) is 13.9. The number of primary amides is 1. The Hall–Kier alpha value is -5.05. The molecular weight excluding hydrogens is 602 g/mol. The number of thioether (sulfide) groups is 1. The van der Waals surface area contributed by atoms with Crippen molar-refractivity contribution in [2.45, 2.75) is 49.9 Å². The molecular formula is C29H35N9O6S. The summed E-state index contributed by atoms with van der Waals surface area (Å²) in [6.07, 6.45) is 3.10. The topological polar surface area (TPSA) is 258 Å². The molecule has 0 spiro atoms. The van der Waals surface area contributed by atoms with Crippen molar-refractivity contribution in [2.75, 3.05) is 12.0 Å².